The molecule has 0 spiro atoms. The molecule has 1 heterocycles. The van der Waals surface area contributed by atoms with Crippen LogP contribution in [0.3, 0.4) is 0 Å². The van der Waals surface area contributed by atoms with Crippen LogP contribution in [-0.4, -0.2) is 25.7 Å². The van der Waals surface area contributed by atoms with Gasteiger partial charge in [0.25, 0.3) is 0 Å². The Morgan fingerprint density at radius 3 is 2.73 bits per heavy atom. The molecule has 1 aromatic rings. The fourth-order valence-electron chi connectivity index (χ4n) is 2.09. The van der Waals surface area contributed by atoms with Gasteiger partial charge >= 0.3 is 0 Å². The molecule has 1 aliphatic rings. The summed E-state index contributed by atoms with van der Waals surface area (Å²) in [7, 11) is 0. The van der Waals surface area contributed by atoms with E-state index in [1.54, 1.807) is 0 Å². The number of hydrogen-bond donors (Lipinski definition) is 1. The second-order valence-corrected chi connectivity index (χ2v) is 4.34. The number of hydrogen-bond acceptors (Lipinski definition) is 2. The Labute approximate surface area is 92.3 Å². The predicted molar refractivity (Wildman–Crippen MR) is 65.5 cm³/mol. The molecule has 2 heteroatoms. The van der Waals surface area contributed by atoms with Gasteiger partial charge in [-0.05, 0) is 25.5 Å². The van der Waals surface area contributed by atoms with Crippen molar-refractivity contribution >= 4 is 5.69 Å². The SMILES string of the molecule is CCC1CN(c2ccc(C)cc2)CCN1. The lowest BCUT2D eigenvalue weighted by Crippen LogP contribution is -2.50. The van der Waals surface area contributed by atoms with Crippen molar-refractivity contribution in [2.24, 2.45) is 0 Å². The van der Waals surface area contributed by atoms with Crippen LogP contribution in [0.1, 0.15) is 18.9 Å². The van der Waals surface area contributed by atoms with Crippen LogP contribution in [0.4, 0.5) is 5.69 Å². The number of piperazine rings is 1. The predicted octanol–water partition coefficient (Wildman–Crippen LogP) is 2.18. The molecular formula is C13H20N2. The summed E-state index contributed by atoms with van der Waals surface area (Å²) in [5.74, 6) is 0. The van der Waals surface area contributed by atoms with E-state index in [0.29, 0.717) is 6.04 Å². The van der Waals surface area contributed by atoms with Crippen LogP contribution in [0, 0.1) is 6.92 Å². The fraction of sp³-hybridized carbons (Fsp3) is 0.538. The summed E-state index contributed by atoms with van der Waals surface area (Å²) in [4.78, 5) is 2.48. The van der Waals surface area contributed by atoms with Gasteiger partial charge in [0.15, 0.2) is 0 Å². The molecule has 0 aromatic heterocycles. The number of benzene rings is 1. The molecule has 1 saturated heterocycles. The van der Waals surface area contributed by atoms with Gasteiger partial charge in [0.2, 0.25) is 0 Å². The molecule has 2 nitrogen and oxygen atoms in total. The van der Waals surface area contributed by atoms with Crippen LogP contribution < -0.4 is 10.2 Å². The third-order valence-corrected chi connectivity index (χ3v) is 3.15. The Morgan fingerprint density at radius 2 is 2.07 bits per heavy atom. The zero-order chi connectivity index (χ0) is 10.7. The summed E-state index contributed by atoms with van der Waals surface area (Å²) in [5.41, 5.74) is 2.70. The number of anilines is 1. The zero-order valence-electron chi connectivity index (χ0n) is 9.66. The maximum Gasteiger partial charge on any atom is 0.0367 e. The summed E-state index contributed by atoms with van der Waals surface area (Å²) in [6.45, 7) is 7.75. The van der Waals surface area contributed by atoms with E-state index >= 15 is 0 Å². The van der Waals surface area contributed by atoms with E-state index < -0.39 is 0 Å². The lowest BCUT2D eigenvalue weighted by atomic mass is 10.1. The molecule has 0 bridgehead atoms. The van der Waals surface area contributed by atoms with Crippen molar-refractivity contribution in [2.75, 3.05) is 24.5 Å². The summed E-state index contributed by atoms with van der Waals surface area (Å²) < 4.78 is 0. The summed E-state index contributed by atoms with van der Waals surface area (Å²) in [5, 5.41) is 3.54. The van der Waals surface area contributed by atoms with Gasteiger partial charge in [0, 0.05) is 31.4 Å². The largest absolute Gasteiger partial charge is 0.369 e. The molecule has 1 aromatic carbocycles. The van der Waals surface area contributed by atoms with Crippen molar-refractivity contribution in [2.45, 2.75) is 26.3 Å². The van der Waals surface area contributed by atoms with Crippen molar-refractivity contribution in [1.82, 2.24) is 5.32 Å². The highest BCUT2D eigenvalue weighted by Gasteiger charge is 2.17. The molecule has 0 aliphatic carbocycles. The fourth-order valence-corrected chi connectivity index (χ4v) is 2.09. The highest BCUT2D eigenvalue weighted by molar-refractivity contribution is 5.48. The van der Waals surface area contributed by atoms with E-state index in [2.05, 4.69) is 48.3 Å². The Kier molecular flexibility index (Phi) is 3.27. The van der Waals surface area contributed by atoms with E-state index in [9.17, 15) is 0 Å². The van der Waals surface area contributed by atoms with Crippen molar-refractivity contribution in [3.8, 4) is 0 Å². The molecule has 0 saturated carbocycles. The van der Waals surface area contributed by atoms with E-state index in [0.717, 1.165) is 19.6 Å². The average Bonchev–Trinajstić information content (AvgIpc) is 2.30. The first-order valence-corrected chi connectivity index (χ1v) is 5.84. The minimum absolute atomic E-state index is 0.653. The maximum atomic E-state index is 3.54. The lowest BCUT2D eigenvalue weighted by Gasteiger charge is -2.35. The molecule has 1 unspecified atom stereocenters. The minimum atomic E-state index is 0.653. The Hall–Kier alpha value is -1.02. The van der Waals surface area contributed by atoms with Crippen molar-refractivity contribution in [1.29, 1.82) is 0 Å². The van der Waals surface area contributed by atoms with Gasteiger partial charge in [-0.2, -0.15) is 0 Å². The van der Waals surface area contributed by atoms with Crippen LogP contribution in [-0.2, 0) is 0 Å². The molecule has 0 radical (unpaired) electrons. The van der Waals surface area contributed by atoms with E-state index in [1.165, 1.54) is 17.7 Å². The van der Waals surface area contributed by atoms with Gasteiger partial charge in [-0.1, -0.05) is 24.6 Å². The normalized spacial score (nSPS) is 21.7. The summed E-state index contributed by atoms with van der Waals surface area (Å²) in [6.07, 6.45) is 1.21. The van der Waals surface area contributed by atoms with Gasteiger partial charge < -0.3 is 10.2 Å². The summed E-state index contributed by atoms with van der Waals surface area (Å²) in [6, 6.07) is 9.50. The van der Waals surface area contributed by atoms with Crippen molar-refractivity contribution < 1.29 is 0 Å². The molecule has 1 atom stereocenters. The van der Waals surface area contributed by atoms with Gasteiger partial charge in [-0.15, -0.1) is 0 Å². The first-order valence-electron chi connectivity index (χ1n) is 5.84. The van der Waals surface area contributed by atoms with Gasteiger partial charge in [0.05, 0.1) is 0 Å². The smallest absolute Gasteiger partial charge is 0.0367 e. The number of aryl methyl sites for hydroxylation is 1. The Balaban J connectivity index is 2.06. The highest BCUT2D eigenvalue weighted by Crippen LogP contribution is 2.17. The molecule has 1 fully saturated rings. The molecule has 15 heavy (non-hydrogen) atoms. The van der Waals surface area contributed by atoms with Gasteiger partial charge in [-0.25, -0.2) is 0 Å². The standard InChI is InChI=1S/C13H20N2/c1-3-12-10-15(9-8-14-12)13-6-4-11(2)5-7-13/h4-7,12,14H,3,8-10H2,1-2H3. The molecule has 1 aliphatic heterocycles. The third kappa shape index (κ3) is 2.51. The molecule has 82 valence electrons. The van der Waals surface area contributed by atoms with Gasteiger partial charge in [-0.3, -0.25) is 0 Å². The van der Waals surface area contributed by atoms with Crippen LogP contribution in [0.5, 0.6) is 0 Å². The maximum absolute atomic E-state index is 3.54. The number of rotatable bonds is 2. The molecule has 2 rings (SSSR count). The average molecular weight is 204 g/mol. The molecule has 1 N–H and O–H groups in total. The quantitative estimate of drug-likeness (QED) is 0.794. The first kappa shape index (κ1) is 10.5. The topological polar surface area (TPSA) is 15.3 Å². The number of nitrogens with zero attached hydrogens (tertiary/aromatic N) is 1. The van der Waals surface area contributed by atoms with E-state index in [-0.39, 0.29) is 0 Å². The van der Waals surface area contributed by atoms with E-state index in [4.69, 9.17) is 0 Å². The van der Waals surface area contributed by atoms with Crippen LogP contribution in [0.15, 0.2) is 24.3 Å². The molecule has 0 amide bonds. The second-order valence-electron chi connectivity index (χ2n) is 4.34. The van der Waals surface area contributed by atoms with E-state index in [1.807, 2.05) is 0 Å². The zero-order valence-corrected chi connectivity index (χ0v) is 9.66. The van der Waals surface area contributed by atoms with Crippen LogP contribution >= 0.6 is 0 Å². The highest BCUT2D eigenvalue weighted by atomic mass is 15.2. The van der Waals surface area contributed by atoms with Crippen molar-refractivity contribution in [3.63, 3.8) is 0 Å². The number of nitrogens with one attached hydrogen (secondary N) is 1. The Bertz CT molecular complexity index is 305. The minimum Gasteiger partial charge on any atom is -0.369 e. The monoisotopic (exact) mass is 204 g/mol. The summed E-state index contributed by atoms with van der Waals surface area (Å²) >= 11 is 0. The van der Waals surface area contributed by atoms with Gasteiger partial charge in [0.1, 0.15) is 0 Å². The first-order chi connectivity index (χ1) is 7.29. The van der Waals surface area contributed by atoms with Crippen LogP contribution in [0.2, 0.25) is 0 Å². The second kappa shape index (κ2) is 4.67. The lowest BCUT2D eigenvalue weighted by molar-refractivity contribution is 0.447. The molecular weight excluding hydrogens is 184 g/mol. The third-order valence-electron chi connectivity index (χ3n) is 3.15. The van der Waals surface area contributed by atoms with Crippen LogP contribution in [0.25, 0.3) is 0 Å². The van der Waals surface area contributed by atoms with Crippen molar-refractivity contribution in [3.05, 3.63) is 29.8 Å². The Morgan fingerprint density at radius 1 is 1.33 bits per heavy atom.